The van der Waals surface area contributed by atoms with Crippen molar-refractivity contribution in [1.82, 2.24) is 10.6 Å². The summed E-state index contributed by atoms with van der Waals surface area (Å²) in [6.45, 7) is 1.49. The number of ether oxygens (including phenoxy) is 1. The number of hydrogen-bond acceptors (Lipinski definition) is 3. The van der Waals surface area contributed by atoms with Crippen LogP contribution in [0.1, 0.15) is 17.0 Å². The maximum absolute atomic E-state index is 14.4. The van der Waals surface area contributed by atoms with Crippen molar-refractivity contribution in [2.45, 2.75) is 18.9 Å². The van der Waals surface area contributed by atoms with E-state index in [1.165, 1.54) is 32.2 Å². The first kappa shape index (κ1) is 19.5. The Morgan fingerprint density at radius 3 is 2.43 bits per heavy atom. The molecular formula is C19H18F3N3O3. The van der Waals surface area contributed by atoms with Crippen LogP contribution in [0.5, 0.6) is 5.75 Å². The zero-order chi connectivity index (χ0) is 20.4. The van der Waals surface area contributed by atoms with Gasteiger partial charge in [-0.1, -0.05) is 0 Å². The van der Waals surface area contributed by atoms with Crippen LogP contribution in [-0.4, -0.2) is 31.6 Å². The van der Waals surface area contributed by atoms with Gasteiger partial charge >= 0.3 is 6.03 Å². The lowest BCUT2D eigenvalue weighted by molar-refractivity contribution is -0.120. The van der Waals surface area contributed by atoms with Crippen molar-refractivity contribution in [3.8, 4) is 5.75 Å². The highest BCUT2D eigenvalue weighted by molar-refractivity contribution is 5.95. The van der Waals surface area contributed by atoms with E-state index in [-0.39, 0.29) is 17.9 Å². The standard InChI is InChI=1S/C19H18F3N3O3/c1-9-5-10(3-4-13(9)20)24-19(27)25-17-12(8-23-18(17)26)16-14(21)6-11(28-2)7-15(16)22/h3-7,12,17H,8H2,1-2H3,(H,23,26)(H2,24,25,27). The number of hydrogen-bond donors (Lipinski definition) is 3. The van der Waals surface area contributed by atoms with Gasteiger partial charge in [0.05, 0.1) is 7.11 Å². The Balaban J connectivity index is 1.79. The second-order valence-electron chi connectivity index (χ2n) is 6.40. The van der Waals surface area contributed by atoms with Gasteiger partial charge in [0.2, 0.25) is 5.91 Å². The summed E-state index contributed by atoms with van der Waals surface area (Å²) in [5.74, 6) is -3.68. The highest BCUT2D eigenvalue weighted by Gasteiger charge is 2.40. The molecule has 1 heterocycles. The second-order valence-corrected chi connectivity index (χ2v) is 6.40. The van der Waals surface area contributed by atoms with Crippen molar-refractivity contribution >= 4 is 17.6 Å². The molecule has 1 aliphatic rings. The predicted octanol–water partition coefficient (Wildman–Crippen LogP) is 2.82. The van der Waals surface area contributed by atoms with E-state index in [0.717, 1.165) is 12.1 Å². The maximum Gasteiger partial charge on any atom is 0.319 e. The van der Waals surface area contributed by atoms with Gasteiger partial charge in [0, 0.05) is 35.8 Å². The number of aryl methyl sites for hydroxylation is 1. The third kappa shape index (κ3) is 3.88. The molecule has 0 bridgehead atoms. The van der Waals surface area contributed by atoms with Crippen molar-refractivity contribution in [3.63, 3.8) is 0 Å². The van der Waals surface area contributed by atoms with Crippen LogP contribution >= 0.6 is 0 Å². The van der Waals surface area contributed by atoms with Gasteiger partial charge in [0.25, 0.3) is 0 Å². The summed E-state index contributed by atoms with van der Waals surface area (Å²) in [5, 5.41) is 7.39. The Bertz CT molecular complexity index is 913. The first-order chi connectivity index (χ1) is 13.3. The minimum atomic E-state index is -1.18. The lowest BCUT2D eigenvalue weighted by Crippen LogP contribution is -2.45. The molecule has 148 valence electrons. The number of benzene rings is 2. The van der Waals surface area contributed by atoms with Crippen LogP contribution in [-0.2, 0) is 4.79 Å². The number of halogens is 3. The van der Waals surface area contributed by atoms with E-state index in [1.807, 2.05) is 0 Å². The topological polar surface area (TPSA) is 79.5 Å². The summed E-state index contributed by atoms with van der Waals surface area (Å²) in [7, 11) is 1.28. The molecule has 9 heteroatoms. The molecule has 1 aliphatic heterocycles. The average molecular weight is 393 g/mol. The molecule has 0 aliphatic carbocycles. The predicted molar refractivity (Wildman–Crippen MR) is 95.7 cm³/mol. The molecule has 1 fully saturated rings. The van der Waals surface area contributed by atoms with E-state index in [2.05, 4.69) is 16.0 Å². The van der Waals surface area contributed by atoms with Gasteiger partial charge in [-0.05, 0) is 30.7 Å². The van der Waals surface area contributed by atoms with Crippen LogP contribution in [0.25, 0.3) is 0 Å². The van der Waals surface area contributed by atoms with Crippen molar-refractivity contribution in [1.29, 1.82) is 0 Å². The molecule has 28 heavy (non-hydrogen) atoms. The summed E-state index contributed by atoms with van der Waals surface area (Å²) in [4.78, 5) is 24.4. The summed E-state index contributed by atoms with van der Waals surface area (Å²) in [6.07, 6.45) is 0. The summed E-state index contributed by atoms with van der Waals surface area (Å²) < 4.78 is 46.9. The van der Waals surface area contributed by atoms with Crippen LogP contribution in [0, 0.1) is 24.4 Å². The van der Waals surface area contributed by atoms with Gasteiger partial charge in [0.15, 0.2) is 0 Å². The summed E-state index contributed by atoms with van der Waals surface area (Å²) >= 11 is 0. The summed E-state index contributed by atoms with van der Waals surface area (Å²) in [5.41, 5.74) is 0.326. The van der Waals surface area contributed by atoms with Gasteiger partial charge < -0.3 is 20.7 Å². The zero-order valence-corrected chi connectivity index (χ0v) is 15.1. The third-order valence-electron chi connectivity index (χ3n) is 4.54. The zero-order valence-electron chi connectivity index (χ0n) is 15.1. The van der Waals surface area contributed by atoms with E-state index in [9.17, 15) is 22.8 Å². The Kier molecular flexibility index (Phi) is 5.43. The molecule has 2 unspecified atom stereocenters. The molecule has 3 rings (SSSR count). The number of urea groups is 1. The lowest BCUT2D eigenvalue weighted by atomic mass is 9.93. The molecule has 0 saturated carbocycles. The van der Waals surface area contributed by atoms with Gasteiger partial charge in [-0.25, -0.2) is 18.0 Å². The molecular weight excluding hydrogens is 375 g/mol. The average Bonchev–Trinajstić information content (AvgIpc) is 2.98. The van der Waals surface area contributed by atoms with E-state index in [0.29, 0.717) is 11.3 Å². The van der Waals surface area contributed by atoms with Gasteiger partial charge in [-0.3, -0.25) is 4.79 Å². The fourth-order valence-electron chi connectivity index (χ4n) is 3.12. The minimum absolute atomic E-state index is 0.00460. The Hall–Kier alpha value is -3.23. The van der Waals surface area contributed by atoms with E-state index in [1.54, 1.807) is 0 Å². The van der Waals surface area contributed by atoms with Crippen molar-refractivity contribution < 1.29 is 27.5 Å². The molecule has 0 radical (unpaired) electrons. The molecule has 2 aromatic rings. The van der Waals surface area contributed by atoms with Crippen LogP contribution in [0.4, 0.5) is 23.7 Å². The molecule has 1 saturated heterocycles. The molecule has 6 nitrogen and oxygen atoms in total. The van der Waals surface area contributed by atoms with Gasteiger partial charge in [-0.2, -0.15) is 0 Å². The van der Waals surface area contributed by atoms with Crippen molar-refractivity contribution in [2.24, 2.45) is 0 Å². The first-order valence-corrected chi connectivity index (χ1v) is 8.44. The second kappa shape index (κ2) is 7.79. The van der Waals surface area contributed by atoms with Crippen LogP contribution < -0.4 is 20.7 Å². The fourth-order valence-corrected chi connectivity index (χ4v) is 3.12. The fraction of sp³-hybridized carbons (Fsp3) is 0.263. The highest BCUT2D eigenvalue weighted by atomic mass is 19.1. The smallest absolute Gasteiger partial charge is 0.319 e. The first-order valence-electron chi connectivity index (χ1n) is 8.44. The molecule has 2 aromatic carbocycles. The largest absolute Gasteiger partial charge is 0.497 e. The highest BCUT2D eigenvalue weighted by Crippen LogP contribution is 2.31. The molecule has 3 N–H and O–H groups in total. The molecule has 3 amide bonds. The summed E-state index contributed by atoms with van der Waals surface area (Å²) in [6, 6.07) is 4.06. The lowest BCUT2D eigenvalue weighted by Gasteiger charge is -2.20. The van der Waals surface area contributed by atoms with Gasteiger partial charge in [-0.15, -0.1) is 0 Å². The normalized spacial score (nSPS) is 18.5. The van der Waals surface area contributed by atoms with Crippen LogP contribution in [0.3, 0.4) is 0 Å². The Morgan fingerprint density at radius 2 is 1.82 bits per heavy atom. The Labute approximate surface area is 159 Å². The van der Waals surface area contributed by atoms with Crippen LogP contribution in [0.2, 0.25) is 0 Å². The van der Waals surface area contributed by atoms with Crippen LogP contribution in [0.15, 0.2) is 30.3 Å². The molecule has 0 spiro atoms. The van der Waals surface area contributed by atoms with E-state index >= 15 is 0 Å². The maximum atomic E-state index is 14.4. The molecule has 2 atom stereocenters. The number of methoxy groups -OCH3 is 1. The number of carbonyl (C=O) groups excluding carboxylic acids is 2. The van der Waals surface area contributed by atoms with E-state index in [4.69, 9.17) is 4.74 Å². The Morgan fingerprint density at radius 1 is 1.14 bits per heavy atom. The quantitative estimate of drug-likeness (QED) is 0.748. The number of nitrogens with one attached hydrogen (secondary N) is 3. The van der Waals surface area contributed by atoms with Crippen molar-refractivity contribution in [2.75, 3.05) is 19.0 Å². The monoisotopic (exact) mass is 393 g/mol. The van der Waals surface area contributed by atoms with E-state index < -0.39 is 41.3 Å². The number of carbonyl (C=O) groups is 2. The SMILES string of the molecule is COc1cc(F)c(C2CNC(=O)C2NC(=O)Nc2ccc(F)c(C)c2)c(F)c1. The van der Waals surface area contributed by atoms with Gasteiger partial charge in [0.1, 0.15) is 29.2 Å². The molecule has 0 aromatic heterocycles. The third-order valence-corrected chi connectivity index (χ3v) is 4.54. The number of anilines is 1. The number of amides is 3. The van der Waals surface area contributed by atoms with Crippen molar-refractivity contribution in [3.05, 3.63) is 58.9 Å². The number of rotatable bonds is 4. The minimum Gasteiger partial charge on any atom is -0.497 e.